The summed E-state index contributed by atoms with van der Waals surface area (Å²) in [5.41, 5.74) is 1.88. The van der Waals surface area contributed by atoms with Crippen LogP contribution in [0.2, 0.25) is 0 Å². The van der Waals surface area contributed by atoms with E-state index in [0.717, 1.165) is 17.5 Å². The number of rotatable bonds is 4. The lowest BCUT2D eigenvalue weighted by Crippen LogP contribution is -2.03. The molecule has 0 aliphatic heterocycles. The van der Waals surface area contributed by atoms with Crippen molar-refractivity contribution in [3.63, 3.8) is 0 Å². The van der Waals surface area contributed by atoms with Crippen LogP contribution in [-0.2, 0) is 6.54 Å². The summed E-state index contributed by atoms with van der Waals surface area (Å²) in [6.07, 6.45) is 1.57. The zero-order valence-electron chi connectivity index (χ0n) is 9.67. The Morgan fingerprint density at radius 3 is 2.94 bits per heavy atom. The maximum absolute atomic E-state index is 10.8. The van der Waals surface area contributed by atoms with Gasteiger partial charge in [-0.25, -0.2) is 4.98 Å². The van der Waals surface area contributed by atoms with Crippen LogP contribution >= 0.6 is 0 Å². The van der Waals surface area contributed by atoms with E-state index in [9.17, 15) is 15.2 Å². The normalized spacial score (nSPS) is 10.3. The van der Waals surface area contributed by atoms with Crippen LogP contribution in [0.1, 0.15) is 11.4 Å². The molecular formula is C11H12N4O3. The van der Waals surface area contributed by atoms with Gasteiger partial charge in [-0.15, -0.1) is 0 Å². The zero-order valence-corrected chi connectivity index (χ0v) is 9.67. The summed E-state index contributed by atoms with van der Waals surface area (Å²) in [5, 5.41) is 23.0. The number of imidazole rings is 1. The van der Waals surface area contributed by atoms with Gasteiger partial charge in [0.25, 0.3) is 5.69 Å². The first-order chi connectivity index (χ1) is 8.58. The third-order valence-electron chi connectivity index (χ3n) is 2.56. The van der Waals surface area contributed by atoms with Crippen LogP contribution in [-0.4, -0.2) is 20.0 Å². The lowest BCUT2D eigenvalue weighted by atomic mass is 10.2. The van der Waals surface area contributed by atoms with Crippen molar-refractivity contribution in [2.24, 2.45) is 0 Å². The van der Waals surface area contributed by atoms with Gasteiger partial charge in [0.15, 0.2) is 0 Å². The van der Waals surface area contributed by atoms with E-state index in [1.165, 1.54) is 12.1 Å². The van der Waals surface area contributed by atoms with Gasteiger partial charge in [0, 0.05) is 5.69 Å². The minimum Gasteiger partial charge on any atom is -0.508 e. The Bertz CT molecular complexity index is 579. The minimum absolute atomic E-state index is 0.136. The van der Waals surface area contributed by atoms with Crippen molar-refractivity contribution in [3.8, 4) is 5.75 Å². The van der Waals surface area contributed by atoms with Gasteiger partial charge in [0.05, 0.1) is 29.6 Å². The van der Waals surface area contributed by atoms with Crippen molar-refractivity contribution in [2.45, 2.75) is 13.5 Å². The SMILES string of the molecule is Cc1[nH]cnc1CNc1ccc(O)cc1[N+](=O)[O-]. The Balaban J connectivity index is 2.19. The summed E-state index contributed by atoms with van der Waals surface area (Å²) >= 11 is 0. The van der Waals surface area contributed by atoms with E-state index in [1.54, 1.807) is 6.33 Å². The number of benzene rings is 1. The minimum atomic E-state index is -0.542. The standard InChI is InChI=1S/C11H12N4O3/c1-7-10(14-6-13-7)5-12-9-3-2-8(16)4-11(9)15(17)18/h2-4,6,12,16H,5H2,1H3,(H,13,14). The Kier molecular flexibility index (Phi) is 3.13. The first-order valence-electron chi connectivity index (χ1n) is 5.28. The molecule has 0 spiro atoms. The van der Waals surface area contributed by atoms with Gasteiger partial charge in [0.2, 0.25) is 0 Å². The van der Waals surface area contributed by atoms with Gasteiger partial charge in [-0.1, -0.05) is 0 Å². The summed E-state index contributed by atoms with van der Waals surface area (Å²) in [7, 11) is 0. The number of hydrogen-bond acceptors (Lipinski definition) is 5. The van der Waals surface area contributed by atoms with Crippen LogP contribution < -0.4 is 5.32 Å². The lowest BCUT2D eigenvalue weighted by molar-refractivity contribution is -0.384. The summed E-state index contributed by atoms with van der Waals surface area (Å²) < 4.78 is 0. The molecule has 0 aliphatic carbocycles. The summed E-state index contributed by atoms with van der Waals surface area (Å²) in [4.78, 5) is 17.3. The quantitative estimate of drug-likeness (QED) is 0.435. The van der Waals surface area contributed by atoms with Gasteiger partial charge in [-0.05, 0) is 19.1 Å². The molecule has 0 fully saturated rings. The average molecular weight is 248 g/mol. The second-order valence-electron chi connectivity index (χ2n) is 3.79. The number of nitro benzene ring substituents is 1. The van der Waals surface area contributed by atoms with Crippen LogP contribution in [0.5, 0.6) is 5.75 Å². The molecule has 0 saturated carbocycles. The van der Waals surface area contributed by atoms with Crippen LogP contribution in [0.25, 0.3) is 0 Å². The number of nitrogens with one attached hydrogen (secondary N) is 2. The number of nitro groups is 1. The molecule has 0 aliphatic rings. The number of aromatic amines is 1. The molecule has 18 heavy (non-hydrogen) atoms. The highest BCUT2D eigenvalue weighted by Crippen LogP contribution is 2.28. The van der Waals surface area contributed by atoms with Gasteiger partial charge in [0.1, 0.15) is 11.4 Å². The van der Waals surface area contributed by atoms with Crippen molar-refractivity contribution in [2.75, 3.05) is 5.32 Å². The molecule has 1 aromatic carbocycles. The Morgan fingerprint density at radius 2 is 2.33 bits per heavy atom. The highest BCUT2D eigenvalue weighted by Gasteiger charge is 2.14. The number of anilines is 1. The summed E-state index contributed by atoms with van der Waals surface area (Å²) in [6.45, 7) is 2.25. The Labute approximate surface area is 103 Å². The molecule has 1 heterocycles. The largest absolute Gasteiger partial charge is 0.508 e. The molecule has 0 saturated heterocycles. The molecule has 7 heteroatoms. The molecule has 0 atom stereocenters. The van der Waals surface area contributed by atoms with Gasteiger partial charge in [-0.3, -0.25) is 10.1 Å². The smallest absolute Gasteiger partial charge is 0.296 e. The predicted molar refractivity (Wildman–Crippen MR) is 65.4 cm³/mol. The summed E-state index contributed by atoms with van der Waals surface area (Å²) in [6, 6.07) is 3.97. The highest BCUT2D eigenvalue weighted by atomic mass is 16.6. The van der Waals surface area contributed by atoms with Crippen LogP contribution in [0.4, 0.5) is 11.4 Å². The molecule has 1 aromatic heterocycles. The van der Waals surface area contributed by atoms with Crippen LogP contribution in [0.15, 0.2) is 24.5 Å². The van der Waals surface area contributed by atoms with Crippen LogP contribution in [0.3, 0.4) is 0 Å². The molecule has 0 radical (unpaired) electrons. The predicted octanol–water partition coefficient (Wildman–Crippen LogP) is 1.94. The number of H-pyrrole nitrogens is 1. The number of aryl methyl sites for hydroxylation is 1. The van der Waals surface area contributed by atoms with Crippen LogP contribution in [0, 0.1) is 17.0 Å². The van der Waals surface area contributed by atoms with E-state index >= 15 is 0 Å². The molecule has 2 aromatic rings. The third kappa shape index (κ3) is 2.40. The number of phenolic OH excluding ortho intramolecular Hbond substituents is 1. The number of nitrogens with zero attached hydrogens (tertiary/aromatic N) is 2. The highest BCUT2D eigenvalue weighted by molar-refractivity contribution is 5.63. The third-order valence-corrected chi connectivity index (χ3v) is 2.56. The van der Waals surface area contributed by atoms with Gasteiger partial charge >= 0.3 is 0 Å². The first-order valence-corrected chi connectivity index (χ1v) is 5.28. The summed E-state index contributed by atoms with van der Waals surface area (Å²) in [5.74, 6) is -0.136. The topological polar surface area (TPSA) is 104 Å². The maximum Gasteiger partial charge on any atom is 0.296 e. The van der Waals surface area contributed by atoms with Crippen molar-refractivity contribution >= 4 is 11.4 Å². The molecule has 0 amide bonds. The fourth-order valence-electron chi connectivity index (χ4n) is 1.56. The van der Waals surface area contributed by atoms with Crippen molar-refractivity contribution in [1.82, 2.24) is 9.97 Å². The van der Waals surface area contributed by atoms with Gasteiger partial charge in [-0.2, -0.15) is 0 Å². The Morgan fingerprint density at radius 1 is 1.56 bits per heavy atom. The van der Waals surface area contributed by atoms with Crippen molar-refractivity contribution in [1.29, 1.82) is 0 Å². The number of aromatic hydroxyl groups is 1. The van der Waals surface area contributed by atoms with E-state index in [2.05, 4.69) is 15.3 Å². The number of hydrogen-bond donors (Lipinski definition) is 3. The first kappa shape index (κ1) is 11.9. The van der Waals surface area contributed by atoms with Gasteiger partial charge < -0.3 is 15.4 Å². The monoisotopic (exact) mass is 248 g/mol. The molecule has 2 rings (SSSR count). The van der Waals surface area contributed by atoms with E-state index < -0.39 is 4.92 Å². The second-order valence-corrected chi connectivity index (χ2v) is 3.79. The Hall–Kier alpha value is -2.57. The molecule has 3 N–H and O–H groups in total. The van der Waals surface area contributed by atoms with Crippen molar-refractivity contribution < 1.29 is 10.0 Å². The average Bonchev–Trinajstić information content (AvgIpc) is 2.73. The molecule has 0 unspecified atom stereocenters. The van der Waals surface area contributed by atoms with Crippen molar-refractivity contribution in [3.05, 3.63) is 46.0 Å². The van der Waals surface area contributed by atoms with E-state index in [-0.39, 0.29) is 11.4 Å². The fraction of sp³-hybridized carbons (Fsp3) is 0.182. The number of phenols is 1. The lowest BCUT2D eigenvalue weighted by Gasteiger charge is -2.06. The molecule has 7 nitrogen and oxygen atoms in total. The zero-order chi connectivity index (χ0) is 13.1. The molecular weight excluding hydrogens is 236 g/mol. The molecule has 0 bridgehead atoms. The molecule has 94 valence electrons. The fourth-order valence-corrected chi connectivity index (χ4v) is 1.56. The van der Waals surface area contributed by atoms with E-state index in [1.807, 2.05) is 6.92 Å². The van der Waals surface area contributed by atoms with E-state index in [4.69, 9.17) is 0 Å². The van der Waals surface area contributed by atoms with E-state index in [0.29, 0.717) is 12.2 Å². The number of aromatic nitrogens is 2. The maximum atomic E-state index is 10.8. The second kappa shape index (κ2) is 4.74.